The first-order valence-electron chi connectivity index (χ1n) is 9.83. The largest absolute Gasteiger partial charge is 0.493 e. The van der Waals surface area contributed by atoms with Crippen LogP contribution in [0.1, 0.15) is 38.2 Å². The normalized spacial score (nSPS) is 22.3. The van der Waals surface area contributed by atoms with Crippen molar-refractivity contribution in [2.24, 2.45) is 11.8 Å². The maximum atomic E-state index is 12.8. The first kappa shape index (κ1) is 19.0. The molecule has 2 heterocycles. The lowest BCUT2D eigenvalue weighted by Crippen LogP contribution is -2.45. The lowest BCUT2D eigenvalue weighted by molar-refractivity contribution is -0.138. The number of hydrogen-bond acceptors (Lipinski definition) is 4. The summed E-state index contributed by atoms with van der Waals surface area (Å²) in [5.41, 5.74) is 1.14. The zero-order valence-corrected chi connectivity index (χ0v) is 16.4. The Morgan fingerprint density at radius 2 is 1.88 bits per heavy atom. The molecule has 2 saturated heterocycles. The third kappa shape index (κ3) is 4.32. The minimum Gasteiger partial charge on any atom is -0.493 e. The Morgan fingerprint density at radius 3 is 2.54 bits per heavy atom. The van der Waals surface area contributed by atoms with E-state index in [4.69, 9.17) is 9.47 Å². The molecule has 5 nitrogen and oxygen atoms in total. The van der Waals surface area contributed by atoms with Crippen LogP contribution >= 0.6 is 0 Å². The predicted molar refractivity (Wildman–Crippen MR) is 103 cm³/mol. The van der Waals surface area contributed by atoms with Crippen LogP contribution in [-0.2, 0) is 11.3 Å². The first-order chi connectivity index (χ1) is 12.6. The number of likely N-dealkylation sites (tertiary alicyclic amines) is 2. The molecule has 26 heavy (non-hydrogen) atoms. The third-order valence-corrected chi connectivity index (χ3v) is 5.78. The zero-order chi connectivity index (χ0) is 18.5. The fourth-order valence-electron chi connectivity index (χ4n) is 4.30. The summed E-state index contributed by atoms with van der Waals surface area (Å²) in [7, 11) is 3.35. The molecular weight excluding hydrogens is 328 g/mol. The lowest BCUT2D eigenvalue weighted by atomic mass is 9.92. The van der Waals surface area contributed by atoms with Crippen molar-refractivity contribution in [3.05, 3.63) is 23.8 Å². The highest BCUT2D eigenvalue weighted by atomic mass is 16.5. The topological polar surface area (TPSA) is 42.0 Å². The van der Waals surface area contributed by atoms with Crippen molar-refractivity contribution in [1.82, 2.24) is 9.80 Å². The summed E-state index contributed by atoms with van der Waals surface area (Å²) in [6, 6.07) is 6.02. The van der Waals surface area contributed by atoms with Crippen LogP contribution in [0.5, 0.6) is 11.5 Å². The molecule has 2 aliphatic rings. The average molecular weight is 360 g/mol. The highest BCUT2D eigenvalue weighted by Crippen LogP contribution is 2.32. The summed E-state index contributed by atoms with van der Waals surface area (Å²) in [6.07, 6.45) is 4.32. The van der Waals surface area contributed by atoms with Gasteiger partial charge in [-0.3, -0.25) is 9.69 Å². The second kappa shape index (κ2) is 8.76. The van der Waals surface area contributed by atoms with Gasteiger partial charge in [-0.25, -0.2) is 0 Å². The minimum absolute atomic E-state index is 0.198. The minimum atomic E-state index is 0.198. The van der Waals surface area contributed by atoms with Crippen LogP contribution in [0.3, 0.4) is 0 Å². The van der Waals surface area contributed by atoms with Crippen molar-refractivity contribution >= 4 is 5.91 Å². The Kier molecular flexibility index (Phi) is 6.41. The SMILES string of the molecule is COc1cccc(CN2CCC(C(=O)N3CCC[C@@H](C)C3)CC2)c1OC. The van der Waals surface area contributed by atoms with Gasteiger partial charge in [0.15, 0.2) is 11.5 Å². The van der Waals surface area contributed by atoms with Crippen LogP contribution in [0, 0.1) is 11.8 Å². The van der Waals surface area contributed by atoms with E-state index in [1.54, 1.807) is 14.2 Å². The van der Waals surface area contributed by atoms with Crippen LogP contribution in [0.25, 0.3) is 0 Å². The van der Waals surface area contributed by atoms with Gasteiger partial charge >= 0.3 is 0 Å². The Labute approximate surface area is 157 Å². The molecule has 2 fully saturated rings. The van der Waals surface area contributed by atoms with Crippen molar-refractivity contribution in [2.45, 2.75) is 39.2 Å². The van der Waals surface area contributed by atoms with E-state index in [0.29, 0.717) is 11.8 Å². The maximum absolute atomic E-state index is 12.8. The molecule has 3 rings (SSSR count). The van der Waals surface area contributed by atoms with Gasteiger partial charge in [0.25, 0.3) is 0 Å². The van der Waals surface area contributed by atoms with Gasteiger partial charge in [-0.1, -0.05) is 19.1 Å². The number of nitrogens with zero attached hydrogens (tertiary/aromatic N) is 2. The van der Waals surface area contributed by atoms with Crippen LogP contribution < -0.4 is 9.47 Å². The number of rotatable bonds is 5. The molecule has 0 N–H and O–H groups in total. The molecule has 1 amide bonds. The number of piperidine rings is 2. The number of amides is 1. The van der Waals surface area contributed by atoms with Gasteiger partial charge in [0, 0.05) is 31.1 Å². The number of carbonyl (C=O) groups is 1. The van der Waals surface area contributed by atoms with E-state index < -0.39 is 0 Å². The van der Waals surface area contributed by atoms with E-state index in [1.165, 1.54) is 6.42 Å². The number of carbonyl (C=O) groups excluding carboxylic acids is 1. The second-order valence-corrected chi connectivity index (χ2v) is 7.73. The Balaban J connectivity index is 1.55. The van der Waals surface area contributed by atoms with Gasteiger partial charge in [0.1, 0.15) is 0 Å². The number of ether oxygens (including phenoxy) is 2. The van der Waals surface area contributed by atoms with Crippen molar-refractivity contribution in [3.63, 3.8) is 0 Å². The lowest BCUT2D eigenvalue weighted by Gasteiger charge is -2.37. The molecule has 0 unspecified atom stereocenters. The molecule has 0 radical (unpaired) electrons. The molecule has 1 atom stereocenters. The van der Waals surface area contributed by atoms with Crippen molar-refractivity contribution in [3.8, 4) is 11.5 Å². The summed E-state index contributed by atoms with van der Waals surface area (Å²) >= 11 is 0. The maximum Gasteiger partial charge on any atom is 0.225 e. The summed E-state index contributed by atoms with van der Waals surface area (Å²) in [5, 5.41) is 0. The van der Waals surface area contributed by atoms with E-state index in [1.807, 2.05) is 12.1 Å². The van der Waals surface area contributed by atoms with Crippen molar-refractivity contribution in [2.75, 3.05) is 40.4 Å². The second-order valence-electron chi connectivity index (χ2n) is 7.73. The number of para-hydroxylation sites is 1. The van der Waals surface area contributed by atoms with Crippen LogP contribution in [-0.4, -0.2) is 56.1 Å². The van der Waals surface area contributed by atoms with Crippen molar-refractivity contribution < 1.29 is 14.3 Å². The quantitative estimate of drug-likeness (QED) is 0.809. The molecule has 0 bridgehead atoms. The van der Waals surface area contributed by atoms with Crippen LogP contribution in [0.2, 0.25) is 0 Å². The van der Waals surface area contributed by atoms with Gasteiger partial charge in [0.05, 0.1) is 14.2 Å². The summed E-state index contributed by atoms with van der Waals surface area (Å²) < 4.78 is 10.9. The number of hydrogen-bond donors (Lipinski definition) is 0. The van der Waals surface area contributed by atoms with E-state index in [2.05, 4.69) is 22.8 Å². The third-order valence-electron chi connectivity index (χ3n) is 5.78. The molecule has 0 aromatic heterocycles. The molecule has 2 aliphatic heterocycles. The van der Waals surface area contributed by atoms with E-state index in [-0.39, 0.29) is 5.92 Å². The number of benzene rings is 1. The molecule has 144 valence electrons. The molecule has 0 saturated carbocycles. The Hall–Kier alpha value is -1.75. The van der Waals surface area contributed by atoms with Crippen LogP contribution in [0.15, 0.2) is 18.2 Å². The molecular formula is C21H32N2O3. The smallest absolute Gasteiger partial charge is 0.225 e. The highest BCUT2D eigenvalue weighted by Gasteiger charge is 2.30. The van der Waals surface area contributed by atoms with Gasteiger partial charge < -0.3 is 14.4 Å². The predicted octanol–water partition coefficient (Wildman–Crippen LogP) is 3.17. The Morgan fingerprint density at radius 1 is 1.12 bits per heavy atom. The summed E-state index contributed by atoms with van der Waals surface area (Å²) in [6.45, 7) is 6.90. The highest BCUT2D eigenvalue weighted by molar-refractivity contribution is 5.79. The Bertz CT molecular complexity index is 611. The molecule has 0 spiro atoms. The van der Waals surface area contributed by atoms with E-state index in [9.17, 15) is 4.79 Å². The van der Waals surface area contributed by atoms with E-state index in [0.717, 1.165) is 69.0 Å². The molecule has 5 heteroatoms. The fourth-order valence-corrected chi connectivity index (χ4v) is 4.30. The standard InChI is InChI=1S/C21H32N2O3/c1-16-6-5-11-23(14-16)21(24)17-9-12-22(13-10-17)15-18-7-4-8-19(25-2)20(18)26-3/h4,7-8,16-17H,5-6,9-15H2,1-3H3/t16-/m1/s1. The van der Waals surface area contributed by atoms with E-state index >= 15 is 0 Å². The van der Waals surface area contributed by atoms with Gasteiger partial charge in [0.2, 0.25) is 5.91 Å². The summed E-state index contributed by atoms with van der Waals surface area (Å²) in [5.74, 6) is 2.82. The average Bonchev–Trinajstić information content (AvgIpc) is 2.67. The van der Waals surface area contributed by atoms with Gasteiger partial charge in [-0.15, -0.1) is 0 Å². The molecule has 1 aromatic carbocycles. The first-order valence-corrected chi connectivity index (χ1v) is 9.83. The molecule has 0 aliphatic carbocycles. The monoisotopic (exact) mass is 360 g/mol. The van der Waals surface area contributed by atoms with Gasteiger partial charge in [-0.2, -0.15) is 0 Å². The zero-order valence-electron chi connectivity index (χ0n) is 16.4. The molecule has 1 aromatic rings. The summed E-state index contributed by atoms with van der Waals surface area (Å²) in [4.78, 5) is 17.3. The number of methoxy groups -OCH3 is 2. The van der Waals surface area contributed by atoms with Crippen LogP contribution in [0.4, 0.5) is 0 Å². The van der Waals surface area contributed by atoms with Gasteiger partial charge in [-0.05, 0) is 50.8 Å². The fraction of sp³-hybridized carbons (Fsp3) is 0.667. The van der Waals surface area contributed by atoms with Crippen molar-refractivity contribution in [1.29, 1.82) is 0 Å².